The third-order valence-corrected chi connectivity index (χ3v) is 6.91. The van der Waals surface area contributed by atoms with Gasteiger partial charge in [-0.15, -0.1) is 0 Å². The summed E-state index contributed by atoms with van der Waals surface area (Å²) in [6.45, 7) is -0.800. The highest BCUT2D eigenvalue weighted by Gasteiger charge is 2.51. The molecule has 1 aliphatic rings. The van der Waals surface area contributed by atoms with Crippen molar-refractivity contribution in [1.82, 2.24) is 23.9 Å². The molecule has 1 atom stereocenters. The van der Waals surface area contributed by atoms with E-state index in [1.807, 2.05) is 0 Å². The minimum absolute atomic E-state index is 0.0199. The van der Waals surface area contributed by atoms with Gasteiger partial charge in [-0.1, -0.05) is 0 Å². The molecular formula is C21H21FN6O5S. The molecule has 5 rings (SSSR count). The Bertz CT molecular complexity index is 1500. The molecule has 0 bridgehead atoms. The zero-order chi connectivity index (χ0) is 24.0. The number of anilines is 1. The van der Waals surface area contributed by atoms with E-state index in [2.05, 4.69) is 10.1 Å². The van der Waals surface area contributed by atoms with E-state index in [0.29, 0.717) is 29.7 Å². The molecule has 1 N–H and O–H groups in total. The number of fused-ring (bicyclic) bond motifs is 1. The predicted molar refractivity (Wildman–Crippen MR) is 122 cm³/mol. The number of aromatic nitrogens is 5. The zero-order valence-corrected chi connectivity index (χ0v) is 18.9. The van der Waals surface area contributed by atoms with E-state index in [0.717, 1.165) is 8.87 Å². The van der Waals surface area contributed by atoms with Crippen LogP contribution in [0.1, 0.15) is 24.2 Å². The molecule has 178 valence electrons. The number of benzene rings is 1. The smallest absolute Gasteiger partial charge is 0.332 e. The summed E-state index contributed by atoms with van der Waals surface area (Å²) in [5, 5.41) is 4.23. The second-order valence-corrected chi connectivity index (χ2v) is 9.16. The largest absolute Gasteiger partial charge is 0.447 e. The van der Waals surface area contributed by atoms with Crippen molar-refractivity contribution in [3.63, 3.8) is 0 Å². The summed E-state index contributed by atoms with van der Waals surface area (Å²) in [6.07, 6.45) is 6.81. The van der Waals surface area contributed by atoms with E-state index in [4.69, 9.17) is 4.42 Å². The molecule has 1 saturated carbocycles. The van der Waals surface area contributed by atoms with Gasteiger partial charge in [0, 0.05) is 18.8 Å². The van der Waals surface area contributed by atoms with Crippen molar-refractivity contribution < 1.29 is 17.6 Å². The minimum Gasteiger partial charge on any atom is -0.447 e. The molecule has 1 aliphatic carbocycles. The lowest BCUT2D eigenvalue weighted by Gasteiger charge is -2.28. The molecule has 0 amide bonds. The van der Waals surface area contributed by atoms with E-state index in [-0.39, 0.29) is 24.2 Å². The van der Waals surface area contributed by atoms with Crippen molar-refractivity contribution in [2.24, 2.45) is 7.05 Å². The van der Waals surface area contributed by atoms with E-state index in [9.17, 15) is 22.7 Å². The Morgan fingerprint density at radius 1 is 1.24 bits per heavy atom. The van der Waals surface area contributed by atoms with Gasteiger partial charge in [0.05, 0.1) is 47.6 Å². The first kappa shape index (κ1) is 22.2. The molecule has 1 aromatic carbocycles. The van der Waals surface area contributed by atoms with Gasteiger partial charge in [-0.05, 0) is 31.0 Å². The zero-order valence-electron chi connectivity index (χ0n) is 18.1. The standard InChI is InChI=1S/C21H21FN6O5S/c1-25-9-14(7-24-25)10-27-19(29)17-6-15(28(34(31)32)21(12-22)4-5-21)2-3-18(17)26(20(27)30)11-16-8-23-13-33-16/h2-3,6-9,13H,4-5,10-12H2,1H3,(H,31,32). The number of hydrogen-bond donors (Lipinski definition) is 1. The van der Waals surface area contributed by atoms with Crippen LogP contribution in [0.25, 0.3) is 10.9 Å². The van der Waals surface area contributed by atoms with E-state index < -0.39 is 34.7 Å². The Morgan fingerprint density at radius 3 is 2.62 bits per heavy atom. The molecule has 3 aromatic heterocycles. The minimum atomic E-state index is -2.50. The topological polar surface area (TPSA) is 128 Å². The molecule has 0 saturated heterocycles. The second-order valence-electron chi connectivity index (χ2n) is 8.33. The summed E-state index contributed by atoms with van der Waals surface area (Å²) in [7, 11) is 1.73. The normalized spacial score (nSPS) is 15.5. The van der Waals surface area contributed by atoms with Crippen LogP contribution in [0, 0.1) is 0 Å². The van der Waals surface area contributed by atoms with Gasteiger partial charge >= 0.3 is 5.69 Å². The lowest BCUT2D eigenvalue weighted by Crippen LogP contribution is -2.42. The fourth-order valence-electron chi connectivity index (χ4n) is 4.11. The fourth-order valence-corrected chi connectivity index (χ4v) is 4.96. The number of hydrogen-bond acceptors (Lipinski definition) is 6. The molecule has 3 heterocycles. The van der Waals surface area contributed by atoms with Gasteiger partial charge < -0.3 is 4.42 Å². The molecule has 1 unspecified atom stereocenters. The number of oxazole rings is 1. The van der Waals surface area contributed by atoms with Gasteiger partial charge in [0.25, 0.3) is 16.8 Å². The Kier molecular flexibility index (Phi) is 5.44. The summed E-state index contributed by atoms with van der Waals surface area (Å²) in [5.41, 5.74) is -1.03. The SMILES string of the molecule is Cn1cc(Cn2c(=O)c3cc(N(S(=O)O)C4(CF)CC4)ccc3n(Cc3cnco3)c2=O)cn1. The van der Waals surface area contributed by atoms with Crippen molar-refractivity contribution in [3.8, 4) is 0 Å². The number of aryl methyl sites for hydroxylation is 1. The first-order chi connectivity index (χ1) is 16.3. The average molecular weight is 489 g/mol. The summed E-state index contributed by atoms with van der Waals surface area (Å²) in [6, 6.07) is 4.46. The first-order valence-electron chi connectivity index (χ1n) is 10.4. The molecule has 0 radical (unpaired) electrons. The van der Waals surface area contributed by atoms with Crippen LogP contribution < -0.4 is 15.6 Å². The first-order valence-corrected chi connectivity index (χ1v) is 11.5. The van der Waals surface area contributed by atoms with Crippen molar-refractivity contribution >= 4 is 27.9 Å². The van der Waals surface area contributed by atoms with Crippen molar-refractivity contribution in [2.45, 2.75) is 31.5 Å². The Balaban J connectivity index is 1.72. The number of halogens is 1. The summed E-state index contributed by atoms with van der Waals surface area (Å²) in [4.78, 5) is 30.7. The summed E-state index contributed by atoms with van der Waals surface area (Å²) in [5.74, 6) is 0.409. The number of alkyl halides is 1. The van der Waals surface area contributed by atoms with E-state index in [1.54, 1.807) is 24.1 Å². The Hall–Kier alpha value is -3.58. The molecule has 0 aliphatic heterocycles. The fraction of sp³-hybridized carbons (Fsp3) is 0.333. The van der Waals surface area contributed by atoms with Gasteiger partial charge in [0.2, 0.25) is 0 Å². The highest BCUT2D eigenvalue weighted by Crippen LogP contribution is 2.45. The van der Waals surface area contributed by atoms with Crippen LogP contribution >= 0.6 is 0 Å². The Morgan fingerprint density at radius 2 is 2.03 bits per heavy atom. The molecule has 13 heteroatoms. The molecule has 1 fully saturated rings. The lowest BCUT2D eigenvalue weighted by atomic mass is 10.2. The van der Waals surface area contributed by atoms with Gasteiger partial charge in [-0.25, -0.2) is 18.4 Å². The van der Waals surface area contributed by atoms with Crippen molar-refractivity contribution in [2.75, 3.05) is 11.0 Å². The monoisotopic (exact) mass is 488 g/mol. The van der Waals surface area contributed by atoms with Crippen LogP contribution in [-0.2, 0) is 31.4 Å². The molecular weight excluding hydrogens is 467 g/mol. The van der Waals surface area contributed by atoms with Crippen LogP contribution in [0.15, 0.2) is 57.2 Å². The second kappa shape index (κ2) is 8.33. The highest BCUT2D eigenvalue weighted by atomic mass is 32.2. The third-order valence-electron chi connectivity index (χ3n) is 6.00. The molecule has 11 nitrogen and oxygen atoms in total. The highest BCUT2D eigenvalue weighted by molar-refractivity contribution is 7.80. The van der Waals surface area contributed by atoms with Crippen LogP contribution in [0.3, 0.4) is 0 Å². The average Bonchev–Trinajstić information content (AvgIpc) is 3.20. The van der Waals surface area contributed by atoms with Crippen LogP contribution in [0.2, 0.25) is 0 Å². The lowest BCUT2D eigenvalue weighted by molar-refractivity contribution is 0.413. The summed E-state index contributed by atoms with van der Waals surface area (Å²) < 4.78 is 46.1. The van der Waals surface area contributed by atoms with E-state index in [1.165, 1.54) is 35.4 Å². The third kappa shape index (κ3) is 3.76. The molecule has 0 spiro atoms. The number of nitrogens with zero attached hydrogens (tertiary/aromatic N) is 6. The van der Waals surface area contributed by atoms with Gasteiger partial charge in [-0.2, -0.15) is 5.10 Å². The maximum Gasteiger partial charge on any atom is 0.332 e. The number of rotatable bonds is 8. The maximum atomic E-state index is 13.7. The Labute approximate surface area is 194 Å². The van der Waals surface area contributed by atoms with Crippen LogP contribution in [-0.4, -0.2) is 44.9 Å². The predicted octanol–water partition coefficient (Wildman–Crippen LogP) is 1.43. The van der Waals surface area contributed by atoms with Gasteiger partial charge in [-0.3, -0.25) is 27.5 Å². The van der Waals surface area contributed by atoms with E-state index >= 15 is 0 Å². The van der Waals surface area contributed by atoms with Crippen LogP contribution in [0.4, 0.5) is 10.1 Å². The van der Waals surface area contributed by atoms with Crippen LogP contribution in [0.5, 0.6) is 0 Å². The molecule has 4 aromatic rings. The van der Waals surface area contributed by atoms with Gasteiger partial charge in [0.1, 0.15) is 12.4 Å². The maximum absolute atomic E-state index is 13.7. The summed E-state index contributed by atoms with van der Waals surface area (Å²) >= 11 is -2.50. The quantitative estimate of drug-likeness (QED) is 0.372. The van der Waals surface area contributed by atoms with Gasteiger partial charge in [0.15, 0.2) is 6.39 Å². The van der Waals surface area contributed by atoms with Crippen molar-refractivity contribution in [3.05, 3.63) is 75.3 Å². The van der Waals surface area contributed by atoms with Crippen molar-refractivity contribution in [1.29, 1.82) is 0 Å². The molecule has 34 heavy (non-hydrogen) atoms.